The molecule has 0 bridgehead atoms. The van der Waals surface area contributed by atoms with Crippen molar-refractivity contribution in [1.82, 2.24) is 25.8 Å². The Morgan fingerprint density at radius 3 is 2.62 bits per heavy atom. The molecule has 1 amide bonds. The summed E-state index contributed by atoms with van der Waals surface area (Å²) in [6.45, 7) is 11.8. The zero-order valence-electron chi connectivity index (χ0n) is 13.6. The first-order chi connectivity index (χ1) is 9.78. The Bertz CT molecular complexity index is 411. The standard InChI is InChI=1S/C14H27N5O2/c1-10(2)11(6-15-8-12-17-9-18-19-12)7-16-13(20)21-14(3,4)5/h9-11,15H,6-8H2,1-5H3,(H,16,20)(H,17,18,19). The molecule has 0 spiro atoms. The highest BCUT2D eigenvalue weighted by Gasteiger charge is 2.19. The fourth-order valence-electron chi connectivity index (χ4n) is 1.76. The van der Waals surface area contributed by atoms with Gasteiger partial charge in [0.25, 0.3) is 0 Å². The number of hydrogen-bond acceptors (Lipinski definition) is 5. The predicted molar refractivity (Wildman–Crippen MR) is 80.7 cm³/mol. The summed E-state index contributed by atoms with van der Waals surface area (Å²) in [6.07, 6.45) is 1.12. The summed E-state index contributed by atoms with van der Waals surface area (Å²) < 4.78 is 5.24. The lowest BCUT2D eigenvalue weighted by molar-refractivity contribution is 0.0515. The van der Waals surface area contributed by atoms with E-state index in [0.717, 1.165) is 12.4 Å². The second kappa shape index (κ2) is 7.97. The molecule has 0 saturated carbocycles. The van der Waals surface area contributed by atoms with E-state index in [1.807, 2.05) is 20.8 Å². The van der Waals surface area contributed by atoms with Gasteiger partial charge in [-0.3, -0.25) is 5.10 Å². The average molecular weight is 297 g/mol. The number of aromatic amines is 1. The van der Waals surface area contributed by atoms with Crippen LogP contribution in [0.3, 0.4) is 0 Å². The van der Waals surface area contributed by atoms with Gasteiger partial charge >= 0.3 is 6.09 Å². The van der Waals surface area contributed by atoms with Crippen molar-refractivity contribution in [1.29, 1.82) is 0 Å². The number of nitrogens with one attached hydrogen (secondary N) is 3. The van der Waals surface area contributed by atoms with Crippen LogP contribution < -0.4 is 10.6 Å². The largest absolute Gasteiger partial charge is 0.444 e. The van der Waals surface area contributed by atoms with Gasteiger partial charge in [0.05, 0.1) is 6.54 Å². The molecule has 0 aliphatic carbocycles. The molecule has 0 aliphatic heterocycles. The Balaban J connectivity index is 2.31. The Hall–Kier alpha value is -1.63. The fourth-order valence-corrected chi connectivity index (χ4v) is 1.76. The predicted octanol–water partition coefficient (Wildman–Crippen LogP) is 1.69. The Morgan fingerprint density at radius 1 is 1.38 bits per heavy atom. The van der Waals surface area contributed by atoms with Crippen molar-refractivity contribution in [2.75, 3.05) is 13.1 Å². The van der Waals surface area contributed by atoms with Gasteiger partial charge in [-0.2, -0.15) is 5.10 Å². The van der Waals surface area contributed by atoms with Crippen molar-refractivity contribution in [3.05, 3.63) is 12.2 Å². The van der Waals surface area contributed by atoms with Crippen LogP contribution in [0.1, 0.15) is 40.4 Å². The summed E-state index contributed by atoms with van der Waals surface area (Å²) in [5.74, 6) is 1.57. The van der Waals surface area contributed by atoms with Gasteiger partial charge in [-0.25, -0.2) is 9.78 Å². The van der Waals surface area contributed by atoms with Crippen LogP contribution in [0.25, 0.3) is 0 Å². The highest BCUT2D eigenvalue weighted by atomic mass is 16.6. The second-order valence-corrected chi connectivity index (χ2v) is 6.45. The molecular weight excluding hydrogens is 270 g/mol. The quantitative estimate of drug-likeness (QED) is 0.712. The number of carbonyl (C=O) groups is 1. The molecule has 120 valence electrons. The van der Waals surface area contributed by atoms with E-state index >= 15 is 0 Å². The molecule has 3 N–H and O–H groups in total. The number of hydrogen-bond donors (Lipinski definition) is 3. The van der Waals surface area contributed by atoms with Crippen molar-refractivity contribution in [2.24, 2.45) is 11.8 Å². The van der Waals surface area contributed by atoms with Crippen molar-refractivity contribution >= 4 is 6.09 Å². The zero-order chi connectivity index (χ0) is 15.9. The third-order valence-electron chi connectivity index (χ3n) is 3.01. The molecule has 0 fully saturated rings. The maximum atomic E-state index is 11.7. The van der Waals surface area contributed by atoms with E-state index < -0.39 is 5.60 Å². The number of rotatable bonds is 7. The van der Waals surface area contributed by atoms with Crippen LogP contribution in [-0.2, 0) is 11.3 Å². The summed E-state index contributed by atoms with van der Waals surface area (Å²) in [5.41, 5.74) is -0.470. The fraction of sp³-hybridized carbons (Fsp3) is 0.786. The van der Waals surface area contributed by atoms with Gasteiger partial charge < -0.3 is 15.4 Å². The summed E-state index contributed by atoms with van der Waals surface area (Å²) in [4.78, 5) is 15.7. The van der Waals surface area contributed by atoms with E-state index in [2.05, 4.69) is 39.7 Å². The lowest BCUT2D eigenvalue weighted by Crippen LogP contribution is -2.39. The van der Waals surface area contributed by atoms with E-state index in [9.17, 15) is 4.79 Å². The van der Waals surface area contributed by atoms with Gasteiger partial charge in [0.2, 0.25) is 0 Å². The zero-order valence-corrected chi connectivity index (χ0v) is 13.6. The smallest absolute Gasteiger partial charge is 0.407 e. The molecule has 0 aliphatic rings. The molecule has 0 saturated heterocycles. The number of aromatic nitrogens is 3. The summed E-state index contributed by atoms with van der Waals surface area (Å²) in [7, 11) is 0. The number of amides is 1. The van der Waals surface area contributed by atoms with Crippen LogP contribution in [0.5, 0.6) is 0 Å². The first kappa shape index (κ1) is 17.4. The monoisotopic (exact) mass is 297 g/mol. The van der Waals surface area contributed by atoms with Gasteiger partial charge in [-0.05, 0) is 32.6 Å². The third-order valence-corrected chi connectivity index (χ3v) is 3.01. The van der Waals surface area contributed by atoms with E-state index in [-0.39, 0.29) is 6.09 Å². The minimum Gasteiger partial charge on any atom is -0.444 e. The van der Waals surface area contributed by atoms with Crippen LogP contribution in [0.2, 0.25) is 0 Å². The number of ether oxygens (including phenoxy) is 1. The first-order valence-electron chi connectivity index (χ1n) is 7.29. The minimum absolute atomic E-state index is 0.320. The molecule has 1 aromatic rings. The molecule has 0 radical (unpaired) electrons. The highest BCUT2D eigenvalue weighted by molar-refractivity contribution is 5.67. The lowest BCUT2D eigenvalue weighted by atomic mass is 9.96. The number of carbonyl (C=O) groups excluding carboxylic acids is 1. The SMILES string of the molecule is CC(C)C(CNCc1ncn[nH]1)CNC(=O)OC(C)(C)C. The van der Waals surface area contributed by atoms with Crippen LogP contribution in [0.15, 0.2) is 6.33 Å². The third kappa shape index (κ3) is 7.65. The van der Waals surface area contributed by atoms with E-state index in [1.165, 1.54) is 6.33 Å². The Labute approximate surface area is 126 Å². The molecule has 1 heterocycles. The molecule has 1 rings (SSSR count). The van der Waals surface area contributed by atoms with E-state index in [4.69, 9.17) is 4.74 Å². The summed E-state index contributed by atoms with van der Waals surface area (Å²) in [5, 5.41) is 12.7. The van der Waals surface area contributed by atoms with Crippen molar-refractivity contribution in [2.45, 2.75) is 46.8 Å². The van der Waals surface area contributed by atoms with Crippen molar-refractivity contribution in [3.8, 4) is 0 Å². The normalized spacial score (nSPS) is 13.2. The van der Waals surface area contributed by atoms with Gasteiger partial charge in [0.15, 0.2) is 0 Å². The molecule has 7 heteroatoms. The molecular formula is C14H27N5O2. The number of alkyl carbamates (subject to hydrolysis) is 1. The Kier molecular flexibility index (Phi) is 6.61. The van der Waals surface area contributed by atoms with Gasteiger partial charge in [-0.1, -0.05) is 13.8 Å². The van der Waals surface area contributed by atoms with Crippen LogP contribution >= 0.6 is 0 Å². The van der Waals surface area contributed by atoms with Gasteiger partial charge in [-0.15, -0.1) is 0 Å². The van der Waals surface area contributed by atoms with Crippen molar-refractivity contribution < 1.29 is 9.53 Å². The van der Waals surface area contributed by atoms with Crippen LogP contribution in [0.4, 0.5) is 4.79 Å². The van der Waals surface area contributed by atoms with E-state index in [1.54, 1.807) is 0 Å². The Morgan fingerprint density at radius 2 is 2.10 bits per heavy atom. The molecule has 1 atom stereocenters. The highest BCUT2D eigenvalue weighted by Crippen LogP contribution is 2.10. The summed E-state index contributed by atoms with van der Waals surface area (Å²) >= 11 is 0. The maximum absolute atomic E-state index is 11.7. The molecule has 1 aromatic heterocycles. The number of nitrogens with zero attached hydrogens (tertiary/aromatic N) is 2. The van der Waals surface area contributed by atoms with Gasteiger partial charge in [0.1, 0.15) is 17.8 Å². The topological polar surface area (TPSA) is 91.9 Å². The summed E-state index contributed by atoms with van der Waals surface area (Å²) in [6, 6.07) is 0. The van der Waals surface area contributed by atoms with Crippen LogP contribution in [0, 0.1) is 11.8 Å². The molecule has 7 nitrogen and oxygen atoms in total. The molecule has 21 heavy (non-hydrogen) atoms. The first-order valence-corrected chi connectivity index (χ1v) is 7.29. The second-order valence-electron chi connectivity index (χ2n) is 6.45. The lowest BCUT2D eigenvalue weighted by Gasteiger charge is -2.24. The molecule has 1 unspecified atom stereocenters. The average Bonchev–Trinajstić information content (AvgIpc) is 2.83. The van der Waals surface area contributed by atoms with E-state index in [0.29, 0.717) is 24.9 Å². The number of H-pyrrole nitrogens is 1. The maximum Gasteiger partial charge on any atom is 0.407 e. The minimum atomic E-state index is -0.470. The molecule has 0 aromatic carbocycles. The van der Waals surface area contributed by atoms with Crippen molar-refractivity contribution in [3.63, 3.8) is 0 Å². The van der Waals surface area contributed by atoms with Crippen LogP contribution in [-0.4, -0.2) is 40.0 Å². The van der Waals surface area contributed by atoms with Gasteiger partial charge in [0, 0.05) is 13.1 Å².